The van der Waals surface area contributed by atoms with Crippen molar-refractivity contribution in [3.8, 4) is 0 Å². The van der Waals surface area contributed by atoms with E-state index < -0.39 is 18.4 Å². The van der Waals surface area contributed by atoms with Crippen LogP contribution in [0.4, 0.5) is 0 Å². The summed E-state index contributed by atoms with van der Waals surface area (Å²) in [4.78, 5) is 0. The molecule has 0 spiro atoms. The molecule has 0 heterocycles. The first-order chi connectivity index (χ1) is 9.29. The van der Waals surface area contributed by atoms with Crippen LogP contribution in [-0.4, -0.2) is 18.4 Å². The Kier molecular flexibility index (Phi) is 8.52. The van der Waals surface area contributed by atoms with Gasteiger partial charge in [-0.2, -0.15) is 0 Å². The number of hydrogen-bond donors (Lipinski definition) is 0. The minimum absolute atomic E-state index is 1.22. The molecule has 0 aliphatic carbocycles. The van der Waals surface area contributed by atoms with Gasteiger partial charge in [0, 0.05) is 0 Å². The van der Waals surface area contributed by atoms with Crippen LogP contribution in [0, 0.1) is 0 Å². The molecule has 0 saturated carbocycles. The van der Waals surface area contributed by atoms with Gasteiger partial charge >= 0.3 is 124 Å². The first-order valence-electron chi connectivity index (χ1n) is 7.95. The Labute approximate surface area is 124 Å². The molecular formula is C18H30Sn. The fraction of sp³-hybridized carbons (Fsp3) is 0.556. The van der Waals surface area contributed by atoms with Gasteiger partial charge in [-0.15, -0.1) is 0 Å². The van der Waals surface area contributed by atoms with E-state index in [-0.39, 0.29) is 0 Å². The zero-order valence-electron chi connectivity index (χ0n) is 12.8. The summed E-state index contributed by atoms with van der Waals surface area (Å²) in [5, 5.41) is 0. The summed E-state index contributed by atoms with van der Waals surface area (Å²) in [5.74, 6) is 0. The van der Waals surface area contributed by atoms with E-state index in [0.717, 1.165) is 0 Å². The second-order valence-electron chi connectivity index (χ2n) is 5.68. The molecule has 0 fully saturated rings. The van der Waals surface area contributed by atoms with E-state index in [1.165, 1.54) is 45.4 Å². The fourth-order valence-corrected chi connectivity index (χ4v) is 18.2. The molecule has 0 amide bonds. The Balaban J connectivity index is 2.97. The van der Waals surface area contributed by atoms with E-state index in [2.05, 4.69) is 56.8 Å². The summed E-state index contributed by atoms with van der Waals surface area (Å²) in [7, 11) is 0. The van der Waals surface area contributed by atoms with Crippen LogP contribution in [0.5, 0.6) is 0 Å². The minimum atomic E-state index is -2.17. The molecule has 0 radical (unpaired) electrons. The first kappa shape index (κ1) is 16.8. The van der Waals surface area contributed by atoms with Crippen molar-refractivity contribution in [1.82, 2.24) is 0 Å². The third-order valence-electron chi connectivity index (χ3n) is 4.23. The quantitative estimate of drug-likeness (QED) is 0.378. The molecule has 1 rings (SSSR count). The molecule has 0 saturated heterocycles. The molecule has 106 valence electrons. The summed E-state index contributed by atoms with van der Waals surface area (Å²) in [5.41, 5.74) is 0. The molecule has 0 N–H and O–H groups in total. The number of benzene rings is 1. The molecule has 1 aromatic rings. The van der Waals surface area contributed by atoms with Gasteiger partial charge in [0.2, 0.25) is 0 Å². The van der Waals surface area contributed by atoms with Gasteiger partial charge in [0.15, 0.2) is 0 Å². The summed E-state index contributed by atoms with van der Waals surface area (Å²) in [6.07, 6.45) is 8.88. The van der Waals surface area contributed by atoms with E-state index in [1.807, 2.05) is 0 Å². The molecule has 0 aliphatic rings. The van der Waals surface area contributed by atoms with Gasteiger partial charge < -0.3 is 0 Å². The van der Waals surface area contributed by atoms with Crippen LogP contribution in [0.3, 0.4) is 0 Å². The molecule has 0 aromatic heterocycles. The van der Waals surface area contributed by atoms with E-state index in [9.17, 15) is 0 Å². The topological polar surface area (TPSA) is 0 Å². The molecule has 0 atom stereocenters. The van der Waals surface area contributed by atoms with Gasteiger partial charge in [0.1, 0.15) is 0 Å². The standard InChI is InChI=1S/C6H5.2C4H9.C4H7.Sn/c1-2-4-6-5-3-1;3*1-3-4-2;/h1-5H;2*1,3-4H2,2H3;3H,1-2,4H2;. The fourth-order valence-electron chi connectivity index (χ4n) is 3.01. The van der Waals surface area contributed by atoms with Gasteiger partial charge in [-0.3, -0.25) is 0 Å². The van der Waals surface area contributed by atoms with E-state index in [0.29, 0.717) is 0 Å². The number of allylic oxidation sites excluding steroid dienone is 1. The van der Waals surface area contributed by atoms with Crippen LogP contribution in [-0.2, 0) is 0 Å². The van der Waals surface area contributed by atoms with E-state index in [1.54, 1.807) is 3.58 Å². The van der Waals surface area contributed by atoms with Gasteiger partial charge in [-0.25, -0.2) is 0 Å². The van der Waals surface area contributed by atoms with Gasteiger partial charge in [-0.1, -0.05) is 0 Å². The van der Waals surface area contributed by atoms with Crippen molar-refractivity contribution >= 4 is 22.0 Å². The molecule has 1 aromatic carbocycles. The molecule has 1 heteroatoms. The first-order valence-corrected chi connectivity index (χ1v) is 15.4. The second kappa shape index (κ2) is 9.63. The number of rotatable bonds is 10. The second-order valence-corrected chi connectivity index (χ2v) is 18.9. The Morgan fingerprint density at radius 3 is 2.00 bits per heavy atom. The molecule has 0 unspecified atom stereocenters. The van der Waals surface area contributed by atoms with Crippen molar-refractivity contribution in [2.45, 2.75) is 59.3 Å². The maximum atomic E-state index is 3.95. The normalized spacial score (nSPS) is 11.5. The average Bonchev–Trinajstić information content (AvgIpc) is 2.48. The Hall–Kier alpha value is -0.241. The molecular weight excluding hydrogens is 335 g/mol. The predicted molar refractivity (Wildman–Crippen MR) is 90.9 cm³/mol. The molecule has 0 nitrogen and oxygen atoms in total. The Bertz CT molecular complexity index is 334. The summed E-state index contributed by atoms with van der Waals surface area (Å²) < 4.78 is 6.27. The van der Waals surface area contributed by atoms with Gasteiger partial charge in [0.25, 0.3) is 0 Å². The van der Waals surface area contributed by atoms with Crippen LogP contribution >= 0.6 is 0 Å². The van der Waals surface area contributed by atoms with Crippen molar-refractivity contribution in [2.75, 3.05) is 0 Å². The average molecular weight is 365 g/mol. The third-order valence-corrected chi connectivity index (χ3v) is 19.7. The van der Waals surface area contributed by atoms with E-state index >= 15 is 0 Å². The van der Waals surface area contributed by atoms with Crippen molar-refractivity contribution in [3.63, 3.8) is 0 Å². The van der Waals surface area contributed by atoms with Crippen molar-refractivity contribution < 1.29 is 0 Å². The summed E-state index contributed by atoms with van der Waals surface area (Å²) in [6.45, 7) is 8.61. The summed E-state index contributed by atoms with van der Waals surface area (Å²) >= 11 is -2.17. The Morgan fingerprint density at radius 2 is 1.53 bits per heavy atom. The zero-order valence-corrected chi connectivity index (χ0v) is 15.7. The van der Waals surface area contributed by atoms with Crippen LogP contribution < -0.4 is 3.58 Å². The van der Waals surface area contributed by atoms with Crippen LogP contribution in [0.15, 0.2) is 43.0 Å². The predicted octanol–water partition coefficient (Wildman–Crippen LogP) is 5.52. The molecule has 19 heavy (non-hydrogen) atoms. The van der Waals surface area contributed by atoms with Crippen LogP contribution in [0.25, 0.3) is 0 Å². The monoisotopic (exact) mass is 366 g/mol. The SMILES string of the molecule is C=CC[CH2][Sn]([CH2]CCC)([CH2]CCC)[c]1ccccc1. The Morgan fingerprint density at radius 1 is 0.947 bits per heavy atom. The number of unbranched alkanes of at least 4 members (excludes halogenated alkanes) is 2. The van der Waals surface area contributed by atoms with E-state index in [4.69, 9.17) is 0 Å². The van der Waals surface area contributed by atoms with Crippen molar-refractivity contribution in [2.24, 2.45) is 0 Å². The molecule has 0 aliphatic heterocycles. The van der Waals surface area contributed by atoms with Crippen LogP contribution in [0.2, 0.25) is 13.3 Å². The van der Waals surface area contributed by atoms with Gasteiger partial charge in [-0.05, 0) is 0 Å². The molecule has 0 bridgehead atoms. The zero-order chi connectivity index (χ0) is 14.0. The van der Waals surface area contributed by atoms with Crippen molar-refractivity contribution in [1.29, 1.82) is 0 Å². The van der Waals surface area contributed by atoms with Gasteiger partial charge in [0.05, 0.1) is 0 Å². The number of hydrogen-bond acceptors (Lipinski definition) is 0. The summed E-state index contributed by atoms with van der Waals surface area (Å²) in [6, 6.07) is 11.5. The van der Waals surface area contributed by atoms with Crippen molar-refractivity contribution in [3.05, 3.63) is 43.0 Å². The maximum absolute atomic E-state index is 3.95. The van der Waals surface area contributed by atoms with Crippen LogP contribution in [0.1, 0.15) is 46.0 Å². The third kappa shape index (κ3) is 5.33.